The first-order valence-electron chi connectivity index (χ1n) is 10.5. The number of nitrogens with one attached hydrogen (secondary N) is 1. The van der Waals surface area contributed by atoms with Crippen molar-refractivity contribution in [3.63, 3.8) is 0 Å². The van der Waals surface area contributed by atoms with E-state index in [4.69, 9.17) is 5.26 Å². The second kappa shape index (κ2) is 8.54. The van der Waals surface area contributed by atoms with Gasteiger partial charge in [0.15, 0.2) is 11.4 Å². The maximum Gasteiger partial charge on any atom is 0.278 e. The summed E-state index contributed by atoms with van der Waals surface area (Å²) in [6, 6.07) is 3.48. The first-order valence-corrected chi connectivity index (χ1v) is 10.5. The molecule has 1 saturated heterocycles. The normalized spacial score (nSPS) is 17.3. The largest absolute Gasteiger partial charge is 0.502 e. The molecular weight excluding hydrogens is 436 g/mol. The number of piperidine rings is 1. The van der Waals surface area contributed by atoms with Crippen LogP contribution in [0.5, 0.6) is 5.75 Å². The number of carbonyl (C=O) groups excluding carboxylic acids is 2. The van der Waals surface area contributed by atoms with Crippen LogP contribution in [-0.2, 0) is 6.54 Å². The summed E-state index contributed by atoms with van der Waals surface area (Å²) in [6.45, 7) is 2.11. The lowest BCUT2D eigenvalue weighted by atomic mass is 10.1. The number of carbonyl (C=O) groups is 2. The van der Waals surface area contributed by atoms with E-state index in [-0.39, 0.29) is 17.4 Å². The molecule has 0 aliphatic carbocycles. The van der Waals surface area contributed by atoms with Crippen LogP contribution in [0.3, 0.4) is 0 Å². The zero-order valence-electron chi connectivity index (χ0n) is 17.8. The number of nitrogens with zero attached hydrogens (tertiary/aromatic N) is 4. The van der Waals surface area contributed by atoms with Gasteiger partial charge in [-0.3, -0.25) is 24.1 Å². The summed E-state index contributed by atoms with van der Waals surface area (Å²) in [7, 11) is 0. The van der Waals surface area contributed by atoms with Crippen molar-refractivity contribution in [2.24, 2.45) is 0 Å². The van der Waals surface area contributed by atoms with Gasteiger partial charge in [0.05, 0.1) is 5.56 Å². The Labute approximate surface area is 187 Å². The number of benzene rings is 1. The van der Waals surface area contributed by atoms with Gasteiger partial charge in [0, 0.05) is 31.4 Å². The number of hydrogen-bond acceptors (Lipinski definition) is 6. The van der Waals surface area contributed by atoms with Crippen molar-refractivity contribution >= 4 is 11.8 Å². The lowest BCUT2D eigenvalue weighted by Crippen LogP contribution is -2.63. The van der Waals surface area contributed by atoms with Crippen molar-refractivity contribution in [1.82, 2.24) is 14.9 Å². The van der Waals surface area contributed by atoms with Crippen molar-refractivity contribution < 1.29 is 23.5 Å². The van der Waals surface area contributed by atoms with Crippen LogP contribution in [0.25, 0.3) is 0 Å². The van der Waals surface area contributed by atoms with Crippen LogP contribution in [0.4, 0.5) is 8.78 Å². The number of aromatic hydroxyl groups is 1. The Hall–Kier alpha value is -3.94. The van der Waals surface area contributed by atoms with Gasteiger partial charge in [-0.05, 0) is 38.3 Å². The number of aromatic nitrogens is 1. The summed E-state index contributed by atoms with van der Waals surface area (Å²) < 4.78 is 29.7. The summed E-state index contributed by atoms with van der Waals surface area (Å²) >= 11 is 0. The second-order valence-electron chi connectivity index (χ2n) is 7.83. The van der Waals surface area contributed by atoms with E-state index in [0.717, 1.165) is 25.0 Å². The molecule has 2 amide bonds. The Bertz CT molecular complexity index is 1250. The van der Waals surface area contributed by atoms with Gasteiger partial charge < -0.3 is 15.3 Å². The quantitative estimate of drug-likeness (QED) is 0.719. The van der Waals surface area contributed by atoms with Crippen molar-refractivity contribution in [3.8, 4) is 11.8 Å². The number of rotatable bonds is 4. The van der Waals surface area contributed by atoms with E-state index in [0.29, 0.717) is 19.5 Å². The fourth-order valence-electron chi connectivity index (χ4n) is 4.36. The van der Waals surface area contributed by atoms with Gasteiger partial charge >= 0.3 is 0 Å². The van der Waals surface area contributed by atoms with Gasteiger partial charge in [-0.2, -0.15) is 5.26 Å². The van der Waals surface area contributed by atoms with E-state index < -0.39 is 52.3 Å². The minimum Gasteiger partial charge on any atom is -0.502 e. The molecule has 1 aromatic carbocycles. The van der Waals surface area contributed by atoms with Crippen LogP contribution >= 0.6 is 0 Å². The highest BCUT2D eigenvalue weighted by Gasteiger charge is 2.40. The van der Waals surface area contributed by atoms with E-state index in [1.54, 1.807) is 17.9 Å². The third kappa shape index (κ3) is 3.57. The SMILES string of the molecule is CCN1C(=O)c2c(O)c(=O)c(C(=O)NCc3c(F)ccc(C#N)c3F)cn2N2CCCC[C@@H]12. The van der Waals surface area contributed by atoms with Crippen molar-refractivity contribution in [1.29, 1.82) is 5.26 Å². The van der Waals surface area contributed by atoms with E-state index in [2.05, 4.69) is 5.32 Å². The molecule has 0 spiro atoms. The van der Waals surface area contributed by atoms with E-state index in [1.165, 1.54) is 10.9 Å². The Morgan fingerprint density at radius 2 is 2.06 bits per heavy atom. The molecule has 1 atom stereocenters. The van der Waals surface area contributed by atoms with Crippen LogP contribution < -0.4 is 15.8 Å². The standard InChI is InChI=1S/C22H21F2N5O4/c1-2-27-16-5-3-4-8-28(16)29-11-14(19(30)20(31)18(29)22(27)33)21(32)26-10-13-15(23)7-6-12(9-25)17(13)24/h6-7,11,16,31H,2-5,8,10H2,1H3,(H,26,32)/t16-/m0/s1. The van der Waals surface area contributed by atoms with Crippen LogP contribution in [0.2, 0.25) is 0 Å². The third-order valence-electron chi connectivity index (χ3n) is 6.03. The Balaban J connectivity index is 1.70. The predicted octanol–water partition coefficient (Wildman–Crippen LogP) is 1.56. The maximum atomic E-state index is 14.3. The number of pyridine rings is 1. The Kier molecular flexibility index (Phi) is 5.76. The highest BCUT2D eigenvalue weighted by molar-refractivity contribution is 5.99. The first-order chi connectivity index (χ1) is 15.8. The molecule has 9 nitrogen and oxygen atoms in total. The average Bonchev–Trinajstić information content (AvgIpc) is 2.81. The number of amides is 2. The molecule has 0 unspecified atom stereocenters. The van der Waals surface area contributed by atoms with Gasteiger partial charge in [-0.1, -0.05) is 0 Å². The molecule has 33 heavy (non-hydrogen) atoms. The lowest BCUT2D eigenvalue weighted by Gasteiger charge is -2.48. The topological polar surface area (TPSA) is 119 Å². The third-order valence-corrected chi connectivity index (χ3v) is 6.03. The molecular formula is C22H21F2N5O4. The predicted molar refractivity (Wildman–Crippen MR) is 112 cm³/mol. The van der Waals surface area contributed by atoms with Crippen LogP contribution in [0.1, 0.15) is 58.2 Å². The fraction of sp³-hybridized carbons (Fsp3) is 0.364. The minimum atomic E-state index is -1.11. The van der Waals surface area contributed by atoms with Crippen molar-refractivity contribution in [2.45, 2.75) is 38.9 Å². The second-order valence-corrected chi connectivity index (χ2v) is 7.83. The number of hydrogen-bond donors (Lipinski definition) is 2. The Morgan fingerprint density at radius 1 is 1.30 bits per heavy atom. The van der Waals surface area contributed by atoms with Gasteiger partial charge in [0.2, 0.25) is 5.43 Å². The molecule has 0 saturated carbocycles. The van der Waals surface area contributed by atoms with Gasteiger partial charge in [0.1, 0.15) is 29.4 Å². The maximum absolute atomic E-state index is 14.3. The Morgan fingerprint density at radius 3 is 2.76 bits per heavy atom. The number of fused-ring (bicyclic) bond motifs is 3. The zero-order valence-corrected chi connectivity index (χ0v) is 17.8. The van der Waals surface area contributed by atoms with Crippen LogP contribution in [0.15, 0.2) is 23.1 Å². The molecule has 1 fully saturated rings. The molecule has 2 aliphatic rings. The number of halogens is 2. The molecule has 1 aromatic heterocycles. The molecule has 2 aromatic rings. The van der Waals surface area contributed by atoms with Gasteiger partial charge in [-0.25, -0.2) is 8.78 Å². The molecule has 2 aliphatic heterocycles. The summed E-state index contributed by atoms with van der Waals surface area (Å²) in [6.07, 6.45) is 3.32. The van der Waals surface area contributed by atoms with E-state index in [9.17, 15) is 28.3 Å². The fourth-order valence-corrected chi connectivity index (χ4v) is 4.36. The monoisotopic (exact) mass is 457 g/mol. The van der Waals surface area contributed by atoms with Gasteiger partial charge in [-0.15, -0.1) is 0 Å². The zero-order chi connectivity index (χ0) is 23.9. The summed E-state index contributed by atoms with van der Waals surface area (Å²) in [5.74, 6) is -4.42. The summed E-state index contributed by atoms with van der Waals surface area (Å²) in [5, 5.41) is 23.5. The van der Waals surface area contributed by atoms with Crippen LogP contribution in [0, 0.1) is 23.0 Å². The first kappa shape index (κ1) is 22.3. The van der Waals surface area contributed by atoms with E-state index in [1.807, 2.05) is 5.01 Å². The van der Waals surface area contributed by atoms with Gasteiger partial charge in [0.25, 0.3) is 11.8 Å². The minimum absolute atomic E-state index is 0.227. The highest BCUT2D eigenvalue weighted by Crippen LogP contribution is 2.29. The molecule has 172 valence electrons. The molecule has 11 heteroatoms. The molecule has 0 bridgehead atoms. The van der Waals surface area contributed by atoms with Crippen LogP contribution in [-0.4, -0.2) is 45.8 Å². The molecule has 4 rings (SSSR count). The number of nitriles is 1. The highest BCUT2D eigenvalue weighted by atomic mass is 19.1. The van der Waals surface area contributed by atoms with Crippen molar-refractivity contribution in [3.05, 3.63) is 62.6 Å². The summed E-state index contributed by atoms with van der Waals surface area (Å²) in [5.41, 5.74) is -2.69. The summed E-state index contributed by atoms with van der Waals surface area (Å²) in [4.78, 5) is 40.0. The molecule has 3 heterocycles. The van der Waals surface area contributed by atoms with E-state index >= 15 is 0 Å². The van der Waals surface area contributed by atoms with Crippen molar-refractivity contribution in [2.75, 3.05) is 18.1 Å². The molecule has 0 radical (unpaired) electrons. The molecule has 2 N–H and O–H groups in total. The smallest absolute Gasteiger partial charge is 0.278 e. The lowest BCUT2D eigenvalue weighted by molar-refractivity contribution is 0.0534. The average molecular weight is 457 g/mol.